The van der Waals surface area contributed by atoms with Crippen LogP contribution in [0.15, 0.2) is 24.3 Å². The molecule has 0 unspecified atom stereocenters. The predicted molar refractivity (Wildman–Crippen MR) is 71.5 cm³/mol. The van der Waals surface area contributed by atoms with Gasteiger partial charge in [-0.3, -0.25) is 4.79 Å². The van der Waals surface area contributed by atoms with Crippen LogP contribution in [0.3, 0.4) is 0 Å². The SMILES string of the molecule is CN(Cc1cccc(OC(F)(F)F)c1)C(=O)[C@H]1CC1(C)C. The van der Waals surface area contributed by atoms with Crippen LogP contribution in [-0.2, 0) is 11.3 Å². The van der Waals surface area contributed by atoms with E-state index in [0.29, 0.717) is 5.56 Å². The van der Waals surface area contributed by atoms with Gasteiger partial charge in [-0.15, -0.1) is 13.2 Å². The second-order valence-electron chi connectivity index (χ2n) is 6.13. The van der Waals surface area contributed by atoms with E-state index >= 15 is 0 Å². The smallest absolute Gasteiger partial charge is 0.406 e. The number of benzene rings is 1. The number of alkyl halides is 3. The van der Waals surface area contributed by atoms with Crippen LogP contribution in [0.1, 0.15) is 25.8 Å². The summed E-state index contributed by atoms with van der Waals surface area (Å²) in [6.07, 6.45) is -3.86. The third-order valence-corrected chi connectivity index (χ3v) is 3.74. The first-order valence-electron chi connectivity index (χ1n) is 6.68. The van der Waals surface area contributed by atoms with Gasteiger partial charge in [0.1, 0.15) is 5.75 Å². The first-order chi connectivity index (χ1) is 9.58. The lowest BCUT2D eigenvalue weighted by Crippen LogP contribution is -2.29. The number of amides is 1. The molecule has 0 N–H and O–H groups in total. The van der Waals surface area contributed by atoms with Crippen LogP contribution in [0.25, 0.3) is 0 Å². The first kappa shape index (κ1) is 15.7. The van der Waals surface area contributed by atoms with E-state index in [0.717, 1.165) is 6.42 Å². The molecule has 1 aliphatic rings. The normalized spacial score (nSPS) is 20.0. The summed E-state index contributed by atoms with van der Waals surface area (Å²) in [7, 11) is 1.66. The molecular weight excluding hydrogens is 283 g/mol. The van der Waals surface area contributed by atoms with E-state index in [1.807, 2.05) is 13.8 Å². The maximum absolute atomic E-state index is 12.2. The molecule has 0 aliphatic heterocycles. The van der Waals surface area contributed by atoms with Crippen molar-refractivity contribution in [3.05, 3.63) is 29.8 Å². The zero-order valence-electron chi connectivity index (χ0n) is 12.2. The molecule has 2 rings (SSSR count). The second kappa shape index (κ2) is 5.24. The fourth-order valence-electron chi connectivity index (χ4n) is 2.35. The van der Waals surface area contributed by atoms with Crippen molar-refractivity contribution in [2.45, 2.75) is 33.2 Å². The van der Waals surface area contributed by atoms with Gasteiger partial charge >= 0.3 is 6.36 Å². The number of hydrogen-bond acceptors (Lipinski definition) is 2. The Balaban J connectivity index is 1.99. The molecular formula is C15H18F3NO2. The molecule has 1 atom stereocenters. The number of carbonyl (C=O) groups is 1. The third kappa shape index (κ3) is 4.12. The number of rotatable bonds is 4. The monoisotopic (exact) mass is 301 g/mol. The van der Waals surface area contributed by atoms with Crippen molar-refractivity contribution in [2.75, 3.05) is 7.05 Å². The highest BCUT2D eigenvalue weighted by molar-refractivity contribution is 5.82. The quantitative estimate of drug-likeness (QED) is 0.850. The van der Waals surface area contributed by atoms with Crippen molar-refractivity contribution < 1.29 is 22.7 Å². The Bertz CT molecular complexity index is 540. The Morgan fingerprint density at radius 2 is 2.05 bits per heavy atom. The van der Waals surface area contributed by atoms with Gasteiger partial charge in [0.05, 0.1) is 0 Å². The fourth-order valence-corrected chi connectivity index (χ4v) is 2.35. The van der Waals surface area contributed by atoms with Crippen molar-refractivity contribution >= 4 is 5.91 Å². The molecule has 0 radical (unpaired) electrons. The average Bonchev–Trinajstić information content (AvgIpc) is 2.95. The Morgan fingerprint density at radius 1 is 1.43 bits per heavy atom. The van der Waals surface area contributed by atoms with E-state index in [-0.39, 0.29) is 29.5 Å². The molecule has 1 aromatic carbocycles. The molecule has 3 nitrogen and oxygen atoms in total. The van der Waals surface area contributed by atoms with Gasteiger partial charge in [-0.1, -0.05) is 26.0 Å². The van der Waals surface area contributed by atoms with Crippen LogP contribution in [0.2, 0.25) is 0 Å². The van der Waals surface area contributed by atoms with Gasteiger partial charge in [0.15, 0.2) is 0 Å². The van der Waals surface area contributed by atoms with Gasteiger partial charge in [-0.05, 0) is 29.5 Å². The minimum absolute atomic E-state index is 0.0112. The van der Waals surface area contributed by atoms with Crippen LogP contribution in [-0.4, -0.2) is 24.2 Å². The van der Waals surface area contributed by atoms with E-state index < -0.39 is 6.36 Å². The lowest BCUT2D eigenvalue weighted by molar-refractivity contribution is -0.274. The molecule has 0 saturated heterocycles. The van der Waals surface area contributed by atoms with Crippen LogP contribution in [0, 0.1) is 11.3 Å². The highest BCUT2D eigenvalue weighted by Gasteiger charge is 2.51. The Labute approximate surface area is 121 Å². The molecule has 1 saturated carbocycles. The van der Waals surface area contributed by atoms with Crippen molar-refractivity contribution in [3.8, 4) is 5.75 Å². The number of carbonyl (C=O) groups excluding carboxylic acids is 1. The summed E-state index contributed by atoms with van der Waals surface area (Å²) in [4.78, 5) is 13.7. The van der Waals surface area contributed by atoms with Crippen molar-refractivity contribution in [1.29, 1.82) is 0 Å². The van der Waals surface area contributed by atoms with Gasteiger partial charge in [0, 0.05) is 19.5 Å². The Kier molecular flexibility index (Phi) is 3.91. The molecule has 0 spiro atoms. The summed E-state index contributed by atoms with van der Waals surface area (Å²) < 4.78 is 40.4. The second-order valence-corrected chi connectivity index (χ2v) is 6.13. The molecule has 21 heavy (non-hydrogen) atoms. The minimum Gasteiger partial charge on any atom is -0.406 e. The summed E-state index contributed by atoms with van der Waals surface area (Å²) in [6.45, 7) is 4.32. The van der Waals surface area contributed by atoms with Gasteiger partial charge in [-0.2, -0.15) is 0 Å². The van der Waals surface area contributed by atoms with Gasteiger partial charge < -0.3 is 9.64 Å². The van der Waals surface area contributed by atoms with E-state index in [1.54, 1.807) is 18.0 Å². The molecule has 0 aromatic heterocycles. The zero-order valence-corrected chi connectivity index (χ0v) is 12.2. The summed E-state index contributed by atoms with van der Waals surface area (Å²) in [5.41, 5.74) is 0.637. The fraction of sp³-hybridized carbons (Fsp3) is 0.533. The Hall–Kier alpha value is -1.72. The summed E-state index contributed by atoms with van der Waals surface area (Å²) >= 11 is 0. The molecule has 6 heteroatoms. The summed E-state index contributed by atoms with van der Waals surface area (Å²) in [5, 5.41) is 0. The van der Waals surface area contributed by atoms with Gasteiger partial charge in [-0.25, -0.2) is 0 Å². The number of nitrogens with zero attached hydrogens (tertiary/aromatic N) is 1. The van der Waals surface area contributed by atoms with E-state index in [1.165, 1.54) is 18.2 Å². The van der Waals surface area contributed by atoms with Gasteiger partial charge in [0.25, 0.3) is 0 Å². The predicted octanol–water partition coefficient (Wildman–Crippen LogP) is 3.59. The molecule has 1 fully saturated rings. The lowest BCUT2D eigenvalue weighted by Gasteiger charge is -2.19. The highest BCUT2D eigenvalue weighted by atomic mass is 19.4. The molecule has 1 aliphatic carbocycles. The standard InChI is InChI=1S/C15H18F3NO2/c1-14(2)8-12(14)13(20)19(3)9-10-5-4-6-11(7-10)21-15(16,17)18/h4-7,12H,8-9H2,1-3H3/t12-/m1/s1. The Morgan fingerprint density at radius 3 is 2.57 bits per heavy atom. The maximum Gasteiger partial charge on any atom is 0.573 e. The van der Waals surface area contributed by atoms with Crippen molar-refractivity contribution in [3.63, 3.8) is 0 Å². The van der Waals surface area contributed by atoms with Crippen molar-refractivity contribution in [2.24, 2.45) is 11.3 Å². The first-order valence-corrected chi connectivity index (χ1v) is 6.68. The molecule has 1 aromatic rings. The summed E-state index contributed by atoms with van der Waals surface area (Å²) in [5.74, 6) is -0.230. The van der Waals surface area contributed by atoms with Crippen LogP contribution >= 0.6 is 0 Å². The number of ether oxygens (including phenoxy) is 1. The zero-order chi connectivity index (χ0) is 15.8. The molecule has 0 heterocycles. The number of halogens is 3. The largest absolute Gasteiger partial charge is 0.573 e. The number of hydrogen-bond donors (Lipinski definition) is 0. The van der Waals surface area contributed by atoms with E-state index in [2.05, 4.69) is 4.74 Å². The molecule has 0 bridgehead atoms. The average molecular weight is 301 g/mol. The van der Waals surface area contributed by atoms with E-state index in [9.17, 15) is 18.0 Å². The maximum atomic E-state index is 12.2. The topological polar surface area (TPSA) is 29.5 Å². The highest BCUT2D eigenvalue weighted by Crippen LogP contribution is 2.52. The minimum atomic E-state index is -4.71. The third-order valence-electron chi connectivity index (χ3n) is 3.74. The van der Waals surface area contributed by atoms with Crippen LogP contribution in [0.4, 0.5) is 13.2 Å². The van der Waals surface area contributed by atoms with E-state index in [4.69, 9.17) is 0 Å². The van der Waals surface area contributed by atoms with Crippen molar-refractivity contribution in [1.82, 2.24) is 4.90 Å². The van der Waals surface area contributed by atoms with Crippen LogP contribution in [0.5, 0.6) is 5.75 Å². The lowest BCUT2D eigenvalue weighted by atomic mass is 10.1. The van der Waals surface area contributed by atoms with Gasteiger partial charge in [0.2, 0.25) is 5.91 Å². The molecule has 1 amide bonds. The summed E-state index contributed by atoms with van der Waals surface area (Å²) in [6, 6.07) is 5.69. The molecule has 116 valence electrons. The van der Waals surface area contributed by atoms with Crippen LogP contribution < -0.4 is 4.74 Å².